The fourth-order valence-electron chi connectivity index (χ4n) is 1.97. The molecule has 0 aliphatic rings. The predicted octanol–water partition coefficient (Wildman–Crippen LogP) is 1.49. The molecule has 21 heavy (non-hydrogen) atoms. The van der Waals surface area contributed by atoms with E-state index in [4.69, 9.17) is 4.74 Å². The molecule has 112 valence electrons. The highest BCUT2D eigenvalue weighted by Crippen LogP contribution is 2.14. The molecule has 0 fully saturated rings. The normalized spacial score (nSPS) is 10.9. The molecule has 2 heterocycles. The summed E-state index contributed by atoms with van der Waals surface area (Å²) in [5.74, 6) is -0.0594. The summed E-state index contributed by atoms with van der Waals surface area (Å²) in [6.45, 7) is 6.67. The third-order valence-corrected chi connectivity index (χ3v) is 2.84. The van der Waals surface area contributed by atoms with Crippen LogP contribution in [0.15, 0.2) is 18.6 Å². The van der Waals surface area contributed by atoms with Gasteiger partial charge in [0.15, 0.2) is 5.69 Å². The zero-order valence-corrected chi connectivity index (χ0v) is 12.5. The summed E-state index contributed by atoms with van der Waals surface area (Å²) in [7, 11) is 0. The van der Waals surface area contributed by atoms with Crippen LogP contribution in [0.1, 0.15) is 42.6 Å². The van der Waals surface area contributed by atoms with Crippen LogP contribution in [0, 0.1) is 5.92 Å². The predicted molar refractivity (Wildman–Crippen MR) is 75.7 cm³/mol. The van der Waals surface area contributed by atoms with Crippen molar-refractivity contribution in [3.8, 4) is 0 Å². The van der Waals surface area contributed by atoms with Gasteiger partial charge in [0.05, 0.1) is 30.7 Å². The fraction of sp³-hybridized carbons (Fsp3) is 0.500. The van der Waals surface area contributed by atoms with Gasteiger partial charge in [-0.1, -0.05) is 19.1 Å². The van der Waals surface area contributed by atoms with Gasteiger partial charge in [0, 0.05) is 12.4 Å². The maximum absolute atomic E-state index is 11.9. The van der Waals surface area contributed by atoms with Crippen LogP contribution in [0.5, 0.6) is 0 Å². The smallest absolute Gasteiger partial charge is 0.360 e. The summed E-state index contributed by atoms with van der Waals surface area (Å²) in [6, 6.07) is 0. The molecule has 2 rings (SSSR count). The lowest BCUT2D eigenvalue weighted by Gasteiger charge is -2.09. The van der Waals surface area contributed by atoms with E-state index in [0.717, 1.165) is 11.4 Å². The molecule has 0 saturated carbocycles. The maximum atomic E-state index is 11.9. The van der Waals surface area contributed by atoms with E-state index in [2.05, 4.69) is 34.1 Å². The summed E-state index contributed by atoms with van der Waals surface area (Å²) in [5, 5.41) is 8.04. The van der Waals surface area contributed by atoms with Gasteiger partial charge in [0.2, 0.25) is 0 Å². The van der Waals surface area contributed by atoms with E-state index in [0.29, 0.717) is 25.5 Å². The van der Waals surface area contributed by atoms with Crippen LogP contribution in [0.25, 0.3) is 0 Å². The second-order valence-electron chi connectivity index (χ2n) is 5.06. The van der Waals surface area contributed by atoms with Gasteiger partial charge in [-0.15, -0.1) is 5.10 Å². The molecule has 0 saturated heterocycles. The van der Waals surface area contributed by atoms with Crippen LogP contribution >= 0.6 is 0 Å². The second-order valence-corrected chi connectivity index (χ2v) is 5.06. The fourth-order valence-corrected chi connectivity index (χ4v) is 1.97. The van der Waals surface area contributed by atoms with Crippen molar-refractivity contribution in [3.63, 3.8) is 0 Å². The Balaban J connectivity index is 2.30. The number of ether oxygens (including phenoxy) is 1. The molecular formula is C14H19N5O2. The summed E-state index contributed by atoms with van der Waals surface area (Å²) in [6.07, 6.45) is 5.61. The average molecular weight is 289 g/mol. The van der Waals surface area contributed by atoms with Crippen LogP contribution in [-0.2, 0) is 17.7 Å². The Morgan fingerprint density at radius 2 is 2.19 bits per heavy atom. The number of nitrogens with zero attached hydrogens (tertiary/aromatic N) is 5. The minimum absolute atomic E-state index is 0.287. The lowest BCUT2D eigenvalue weighted by atomic mass is 10.1. The molecule has 2 aromatic rings. The minimum Gasteiger partial charge on any atom is -0.461 e. The van der Waals surface area contributed by atoms with E-state index in [1.165, 1.54) is 0 Å². The zero-order valence-electron chi connectivity index (χ0n) is 12.5. The van der Waals surface area contributed by atoms with E-state index < -0.39 is 5.97 Å². The molecule has 0 aliphatic carbocycles. The molecule has 0 atom stereocenters. The third kappa shape index (κ3) is 3.84. The number of aromatic nitrogens is 5. The van der Waals surface area contributed by atoms with Crippen molar-refractivity contribution in [2.45, 2.75) is 33.7 Å². The Hall–Kier alpha value is -2.31. The van der Waals surface area contributed by atoms with E-state index in [9.17, 15) is 4.79 Å². The molecule has 0 aliphatic heterocycles. The lowest BCUT2D eigenvalue weighted by Crippen LogP contribution is -2.14. The van der Waals surface area contributed by atoms with Crippen LogP contribution < -0.4 is 0 Å². The first kappa shape index (κ1) is 15.1. The van der Waals surface area contributed by atoms with Crippen molar-refractivity contribution in [1.82, 2.24) is 25.0 Å². The number of carbonyl (C=O) groups is 1. The van der Waals surface area contributed by atoms with Gasteiger partial charge in [-0.3, -0.25) is 9.97 Å². The number of rotatable bonds is 6. The van der Waals surface area contributed by atoms with E-state index in [1.807, 2.05) is 0 Å². The van der Waals surface area contributed by atoms with Gasteiger partial charge in [0.25, 0.3) is 0 Å². The lowest BCUT2D eigenvalue weighted by molar-refractivity contribution is 0.0517. The first-order valence-electron chi connectivity index (χ1n) is 6.96. The van der Waals surface area contributed by atoms with Gasteiger partial charge in [-0.25, -0.2) is 9.48 Å². The first-order chi connectivity index (χ1) is 10.1. The highest BCUT2D eigenvalue weighted by molar-refractivity contribution is 5.88. The molecule has 0 amide bonds. The van der Waals surface area contributed by atoms with Crippen molar-refractivity contribution >= 4 is 5.97 Å². The Morgan fingerprint density at radius 1 is 1.38 bits per heavy atom. The minimum atomic E-state index is -0.432. The SMILES string of the molecule is CCOC(=O)c1nnn(Cc2cnccn2)c1CC(C)C. The Labute approximate surface area is 123 Å². The molecule has 0 aromatic carbocycles. The van der Waals surface area contributed by atoms with Crippen LogP contribution in [-0.4, -0.2) is 37.5 Å². The van der Waals surface area contributed by atoms with E-state index in [1.54, 1.807) is 30.2 Å². The molecule has 2 aromatic heterocycles. The molecule has 0 unspecified atom stereocenters. The molecule has 0 radical (unpaired) electrons. The number of esters is 1. The summed E-state index contributed by atoms with van der Waals surface area (Å²) < 4.78 is 6.72. The largest absolute Gasteiger partial charge is 0.461 e. The average Bonchev–Trinajstić information content (AvgIpc) is 2.82. The topological polar surface area (TPSA) is 82.8 Å². The monoisotopic (exact) mass is 289 g/mol. The molecule has 0 spiro atoms. The Morgan fingerprint density at radius 3 is 2.81 bits per heavy atom. The van der Waals surface area contributed by atoms with Crippen molar-refractivity contribution in [3.05, 3.63) is 35.7 Å². The quantitative estimate of drug-likeness (QED) is 0.749. The van der Waals surface area contributed by atoms with Crippen molar-refractivity contribution in [1.29, 1.82) is 0 Å². The highest BCUT2D eigenvalue weighted by atomic mass is 16.5. The molecule has 7 heteroatoms. The molecule has 7 nitrogen and oxygen atoms in total. The zero-order chi connectivity index (χ0) is 15.2. The standard InChI is InChI=1S/C14H19N5O2/c1-4-21-14(20)13-12(7-10(2)3)19(18-17-13)9-11-8-15-5-6-16-11/h5-6,8,10H,4,7,9H2,1-3H3. The third-order valence-electron chi connectivity index (χ3n) is 2.84. The van der Waals surface area contributed by atoms with Gasteiger partial charge >= 0.3 is 5.97 Å². The van der Waals surface area contributed by atoms with Crippen LogP contribution in [0.3, 0.4) is 0 Å². The first-order valence-corrected chi connectivity index (χ1v) is 6.96. The van der Waals surface area contributed by atoms with Gasteiger partial charge in [0.1, 0.15) is 0 Å². The van der Waals surface area contributed by atoms with Crippen molar-refractivity contribution < 1.29 is 9.53 Å². The number of carbonyl (C=O) groups excluding carboxylic acids is 1. The van der Waals surface area contributed by atoms with Crippen LogP contribution in [0.2, 0.25) is 0 Å². The highest BCUT2D eigenvalue weighted by Gasteiger charge is 2.21. The molecule has 0 bridgehead atoms. The Kier molecular flexibility index (Phi) is 4.97. The second kappa shape index (κ2) is 6.92. The molecular weight excluding hydrogens is 270 g/mol. The van der Waals surface area contributed by atoms with Crippen molar-refractivity contribution in [2.75, 3.05) is 6.61 Å². The van der Waals surface area contributed by atoms with E-state index >= 15 is 0 Å². The van der Waals surface area contributed by atoms with Crippen molar-refractivity contribution in [2.24, 2.45) is 5.92 Å². The summed E-state index contributed by atoms with van der Waals surface area (Å²) >= 11 is 0. The van der Waals surface area contributed by atoms with Crippen LogP contribution in [0.4, 0.5) is 0 Å². The van der Waals surface area contributed by atoms with Gasteiger partial charge in [-0.05, 0) is 19.3 Å². The number of hydrogen-bond donors (Lipinski definition) is 0. The Bertz CT molecular complexity index is 595. The maximum Gasteiger partial charge on any atom is 0.360 e. The van der Waals surface area contributed by atoms with Gasteiger partial charge < -0.3 is 4.74 Å². The summed E-state index contributed by atoms with van der Waals surface area (Å²) in [4.78, 5) is 20.2. The molecule has 0 N–H and O–H groups in total. The van der Waals surface area contributed by atoms with Gasteiger partial charge in [-0.2, -0.15) is 0 Å². The number of hydrogen-bond acceptors (Lipinski definition) is 6. The summed E-state index contributed by atoms with van der Waals surface area (Å²) in [5.41, 5.74) is 1.83. The van der Waals surface area contributed by atoms with E-state index in [-0.39, 0.29) is 5.69 Å².